The number of nitrogens with one attached hydrogen (secondary N) is 1. The highest BCUT2D eigenvalue weighted by molar-refractivity contribution is 6.24. The van der Waals surface area contributed by atoms with Crippen LogP contribution in [0.1, 0.15) is 25.5 Å². The Labute approximate surface area is 197 Å². The maximum atomic E-state index is 13.7. The first kappa shape index (κ1) is 23.6. The van der Waals surface area contributed by atoms with Gasteiger partial charge in [-0.15, -0.1) is 0 Å². The highest BCUT2D eigenvalue weighted by Gasteiger charge is 2.67. The van der Waals surface area contributed by atoms with E-state index in [-0.39, 0.29) is 6.61 Å². The molecule has 34 heavy (non-hydrogen) atoms. The lowest BCUT2D eigenvalue weighted by Gasteiger charge is -2.29. The highest BCUT2D eigenvalue weighted by atomic mass is 16.5. The Hall–Kier alpha value is -3.59. The molecule has 0 unspecified atom stereocenters. The number of methoxy groups -OCH3 is 3. The van der Waals surface area contributed by atoms with E-state index in [1.807, 2.05) is 0 Å². The molecule has 0 bridgehead atoms. The monoisotopic (exact) mass is 468 g/mol. The summed E-state index contributed by atoms with van der Waals surface area (Å²) in [6.07, 6.45) is 0. The Kier molecular flexibility index (Phi) is 6.22. The van der Waals surface area contributed by atoms with Crippen molar-refractivity contribution in [2.45, 2.75) is 25.4 Å². The Morgan fingerprint density at radius 2 is 1.74 bits per heavy atom. The van der Waals surface area contributed by atoms with Crippen LogP contribution in [0.5, 0.6) is 17.2 Å². The molecule has 0 aliphatic carbocycles. The zero-order valence-electron chi connectivity index (χ0n) is 19.8. The molecule has 0 spiro atoms. The highest BCUT2D eigenvalue weighted by Crippen LogP contribution is 2.50. The number of rotatable bonds is 7. The first-order valence-electron chi connectivity index (χ1n) is 11.0. The van der Waals surface area contributed by atoms with E-state index in [0.29, 0.717) is 28.5 Å². The average molecular weight is 469 g/mol. The van der Waals surface area contributed by atoms with Crippen LogP contribution in [0, 0.1) is 11.8 Å². The third-order valence-corrected chi connectivity index (χ3v) is 6.57. The number of ether oxygens (including phenoxy) is 4. The lowest BCUT2D eigenvalue weighted by Crippen LogP contribution is -2.54. The predicted molar refractivity (Wildman–Crippen MR) is 123 cm³/mol. The topological polar surface area (TPSA) is 103 Å². The number of carbonyl (C=O) groups is 3. The summed E-state index contributed by atoms with van der Waals surface area (Å²) in [7, 11) is 4.56. The zero-order chi connectivity index (χ0) is 24.6. The molecule has 9 heteroatoms. The van der Waals surface area contributed by atoms with Crippen LogP contribution in [0.25, 0.3) is 0 Å². The third kappa shape index (κ3) is 3.56. The van der Waals surface area contributed by atoms with Crippen molar-refractivity contribution in [3.63, 3.8) is 0 Å². The van der Waals surface area contributed by atoms with E-state index in [1.165, 1.54) is 21.3 Å². The van der Waals surface area contributed by atoms with Crippen LogP contribution in [0.3, 0.4) is 0 Å². The van der Waals surface area contributed by atoms with Crippen molar-refractivity contribution in [3.05, 3.63) is 48.0 Å². The van der Waals surface area contributed by atoms with E-state index in [2.05, 4.69) is 5.32 Å². The molecular weight excluding hydrogens is 440 g/mol. The van der Waals surface area contributed by atoms with Crippen molar-refractivity contribution in [1.82, 2.24) is 5.32 Å². The van der Waals surface area contributed by atoms with Crippen LogP contribution in [-0.2, 0) is 19.1 Å². The molecule has 4 rings (SSSR count). The van der Waals surface area contributed by atoms with Gasteiger partial charge in [0.2, 0.25) is 11.8 Å². The van der Waals surface area contributed by atoms with E-state index < -0.39 is 41.2 Å². The standard InChI is InChI=1S/C25H28N2O7/c1-6-34-24(30)25(2)20-19(21(26-25)14-10-11-17(32-4)18(12-14)33-5)22(28)27(23(20)29)15-8-7-9-16(13-15)31-3/h7-13,19-21,26H,6H2,1-5H3/t19-,20+,21-,25+/m0/s1. The summed E-state index contributed by atoms with van der Waals surface area (Å²) in [4.78, 5) is 41.7. The molecule has 4 atom stereocenters. The van der Waals surface area contributed by atoms with Crippen LogP contribution in [0.4, 0.5) is 5.69 Å². The van der Waals surface area contributed by atoms with Gasteiger partial charge in [-0.2, -0.15) is 0 Å². The predicted octanol–water partition coefficient (Wildman–Crippen LogP) is 2.48. The van der Waals surface area contributed by atoms with Gasteiger partial charge in [0.05, 0.1) is 45.5 Å². The number of benzene rings is 2. The molecule has 2 aliphatic rings. The number of imide groups is 1. The second-order valence-electron chi connectivity index (χ2n) is 8.38. The molecule has 2 aliphatic heterocycles. The molecule has 0 radical (unpaired) electrons. The lowest BCUT2D eigenvalue weighted by molar-refractivity contribution is -0.153. The SMILES string of the molecule is CCOC(=O)[C@]1(C)N[C@@H](c2ccc(OC)c(OC)c2)[C@H]2C(=O)N(c3cccc(OC)c3)C(=O)[C@@H]21. The molecular formula is C25H28N2O7. The van der Waals surface area contributed by atoms with Gasteiger partial charge in [-0.25, -0.2) is 4.90 Å². The number of carbonyl (C=O) groups excluding carboxylic acids is 3. The smallest absolute Gasteiger partial charge is 0.326 e. The number of hydrogen-bond acceptors (Lipinski definition) is 8. The summed E-state index contributed by atoms with van der Waals surface area (Å²) in [6.45, 7) is 3.46. The summed E-state index contributed by atoms with van der Waals surface area (Å²) in [5.41, 5.74) is -0.325. The fourth-order valence-corrected chi connectivity index (χ4v) is 4.94. The molecule has 180 valence electrons. The van der Waals surface area contributed by atoms with Crippen molar-refractivity contribution in [3.8, 4) is 17.2 Å². The van der Waals surface area contributed by atoms with Crippen LogP contribution in [0.2, 0.25) is 0 Å². The van der Waals surface area contributed by atoms with Gasteiger partial charge in [0.15, 0.2) is 11.5 Å². The fourth-order valence-electron chi connectivity index (χ4n) is 4.94. The van der Waals surface area contributed by atoms with Crippen LogP contribution < -0.4 is 24.4 Å². The second kappa shape index (κ2) is 8.98. The fraction of sp³-hybridized carbons (Fsp3) is 0.400. The summed E-state index contributed by atoms with van der Waals surface area (Å²) >= 11 is 0. The van der Waals surface area contributed by atoms with E-state index in [4.69, 9.17) is 18.9 Å². The summed E-state index contributed by atoms with van der Waals surface area (Å²) < 4.78 is 21.3. The molecule has 2 amide bonds. The van der Waals surface area contributed by atoms with Crippen molar-refractivity contribution in [2.24, 2.45) is 11.8 Å². The largest absolute Gasteiger partial charge is 0.497 e. The summed E-state index contributed by atoms with van der Waals surface area (Å²) in [5, 5.41) is 3.25. The summed E-state index contributed by atoms with van der Waals surface area (Å²) in [5.74, 6) is -1.71. The molecule has 2 saturated heterocycles. The van der Waals surface area contributed by atoms with Gasteiger partial charge in [-0.3, -0.25) is 19.7 Å². The molecule has 0 saturated carbocycles. The second-order valence-corrected chi connectivity index (χ2v) is 8.38. The molecule has 1 N–H and O–H groups in total. The first-order chi connectivity index (χ1) is 16.3. The normalized spacial score (nSPS) is 25.8. The third-order valence-electron chi connectivity index (χ3n) is 6.57. The number of hydrogen-bond donors (Lipinski definition) is 1. The lowest BCUT2D eigenvalue weighted by atomic mass is 9.80. The number of nitrogens with zero attached hydrogens (tertiary/aromatic N) is 1. The first-order valence-corrected chi connectivity index (χ1v) is 11.0. The van der Waals surface area contributed by atoms with Crippen molar-refractivity contribution in [1.29, 1.82) is 0 Å². The molecule has 2 aromatic carbocycles. The van der Waals surface area contributed by atoms with Crippen molar-refractivity contribution < 1.29 is 33.3 Å². The van der Waals surface area contributed by atoms with Crippen molar-refractivity contribution in [2.75, 3.05) is 32.8 Å². The van der Waals surface area contributed by atoms with Gasteiger partial charge >= 0.3 is 5.97 Å². The maximum Gasteiger partial charge on any atom is 0.326 e. The van der Waals surface area contributed by atoms with Gasteiger partial charge < -0.3 is 18.9 Å². The number of amides is 2. The van der Waals surface area contributed by atoms with Crippen LogP contribution in [0.15, 0.2) is 42.5 Å². The van der Waals surface area contributed by atoms with Gasteiger partial charge in [-0.05, 0) is 43.7 Å². The number of esters is 1. The number of fused-ring (bicyclic) bond motifs is 1. The van der Waals surface area contributed by atoms with Gasteiger partial charge in [0.25, 0.3) is 0 Å². The molecule has 2 fully saturated rings. The minimum Gasteiger partial charge on any atom is -0.497 e. The van der Waals surface area contributed by atoms with Gasteiger partial charge in [-0.1, -0.05) is 12.1 Å². The van der Waals surface area contributed by atoms with E-state index in [0.717, 1.165) is 4.90 Å². The molecule has 2 heterocycles. The Morgan fingerprint density at radius 3 is 2.38 bits per heavy atom. The van der Waals surface area contributed by atoms with E-state index in [9.17, 15) is 14.4 Å². The molecule has 9 nitrogen and oxygen atoms in total. The number of anilines is 1. The minimum absolute atomic E-state index is 0.149. The Bertz CT molecular complexity index is 1130. The zero-order valence-corrected chi connectivity index (χ0v) is 19.8. The van der Waals surface area contributed by atoms with Gasteiger partial charge in [0.1, 0.15) is 11.3 Å². The average Bonchev–Trinajstić information content (AvgIpc) is 3.31. The minimum atomic E-state index is -1.40. The summed E-state index contributed by atoms with van der Waals surface area (Å²) in [6, 6.07) is 11.4. The van der Waals surface area contributed by atoms with E-state index >= 15 is 0 Å². The Morgan fingerprint density at radius 1 is 1.00 bits per heavy atom. The maximum absolute atomic E-state index is 13.7. The van der Waals surface area contributed by atoms with Crippen LogP contribution >= 0.6 is 0 Å². The molecule has 2 aromatic rings. The quantitative estimate of drug-likeness (QED) is 0.488. The molecule has 0 aromatic heterocycles. The Balaban J connectivity index is 1.82. The van der Waals surface area contributed by atoms with Gasteiger partial charge in [0, 0.05) is 12.1 Å². The van der Waals surface area contributed by atoms with E-state index in [1.54, 1.807) is 56.3 Å². The van der Waals surface area contributed by atoms with Crippen molar-refractivity contribution >= 4 is 23.5 Å². The van der Waals surface area contributed by atoms with Crippen LogP contribution in [-0.4, -0.2) is 51.3 Å².